The molecule has 1 aliphatic carbocycles. The summed E-state index contributed by atoms with van der Waals surface area (Å²) in [4.78, 5) is 6.82. The van der Waals surface area contributed by atoms with Crippen molar-refractivity contribution in [2.24, 2.45) is 5.73 Å². The van der Waals surface area contributed by atoms with Crippen LogP contribution in [0.2, 0.25) is 0 Å². The largest absolute Gasteiger partial charge is 0.334 e. The van der Waals surface area contributed by atoms with Crippen LogP contribution in [0, 0.1) is 6.92 Å². The second kappa shape index (κ2) is 6.17. The number of rotatable bonds is 6. The monoisotopic (exact) mass is 236 g/mol. The standard InChI is InChI=1S/C13H24N4/c1-12-15-7-9-16(12)10-11-17(8-6-14)13-4-2-3-5-13/h7,9,13H,2-6,8,10-11,14H2,1H3. The second-order valence-corrected chi connectivity index (χ2v) is 4.93. The van der Waals surface area contributed by atoms with E-state index in [0.29, 0.717) is 0 Å². The van der Waals surface area contributed by atoms with E-state index in [1.807, 2.05) is 6.20 Å². The van der Waals surface area contributed by atoms with Crippen molar-refractivity contribution >= 4 is 0 Å². The van der Waals surface area contributed by atoms with Gasteiger partial charge in [0.25, 0.3) is 0 Å². The lowest BCUT2D eigenvalue weighted by Crippen LogP contribution is -2.39. The molecule has 0 radical (unpaired) electrons. The molecule has 4 nitrogen and oxygen atoms in total. The highest BCUT2D eigenvalue weighted by Crippen LogP contribution is 2.23. The number of hydrogen-bond donors (Lipinski definition) is 1. The van der Waals surface area contributed by atoms with Crippen LogP contribution in [0.15, 0.2) is 12.4 Å². The molecule has 1 aromatic heterocycles. The second-order valence-electron chi connectivity index (χ2n) is 4.93. The SMILES string of the molecule is Cc1nccn1CCN(CCN)C1CCCC1. The van der Waals surface area contributed by atoms with Gasteiger partial charge < -0.3 is 10.3 Å². The zero-order valence-corrected chi connectivity index (χ0v) is 10.8. The molecule has 1 heterocycles. The molecule has 2 N–H and O–H groups in total. The molecule has 0 bridgehead atoms. The summed E-state index contributed by atoms with van der Waals surface area (Å²) < 4.78 is 2.22. The molecule has 0 spiro atoms. The maximum absolute atomic E-state index is 5.72. The van der Waals surface area contributed by atoms with Crippen LogP contribution in [0.25, 0.3) is 0 Å². The molecule has 1 aliphatic rings. The van der Waals surface area contributed by atoms with Crippen LogP contribution in [0.4, 0.5) is 0 Å². The third-order valence-electron chi connectivity index (χ3n) is 3.81. The first-order valence-corrected chi connectivity index (χ1v) is 6.73. The number of hydrogen-bond acceptors (Lipinski definition) is 3. The average molecular weight is 236 g/mol. The minimum Gasteiger partial charge on any atom is -0.334 e. The summed E-state index contributed by atoms with van der Waals surface area (Å²) in [5.41, 5.74) is 5.72. The minimum atomic E-state index is 0.763. The predicted molar refractivity (Wildman–Crippen MR) is 69.8 cm³/mol. The summed E-state index contributed by atoms with van der Waals surface area (Å²) in [6.07, 6.45) is 9.40. The van der Waals surface area contributed by atoms with E-state index in [2.05, 4.69) is 27.6 Å². The van der Waals surface area contributed by atoms with Crippen molar-refractivity contribution in [1.82, 2.24) is 14.5 Å². The zero-order valence-electron chi connectivity index (χ0n) is 10.8. The van der Waals surface area contributed by atoms with Gasteiger partial charge in [0.15, 0.2) is 0 Å². The van der Waals surface area contributed by atoms with E-state index < -0.39 is 0 Å². The molecule has 0 amide bonds. The first-order chi connectivity index (χ1) is 8.31. The Labute approximate surface area is 104 Å². The summed E-state index contributed by atoms with van der Waals surface area (Å²) in [5, 5.41) is 0. The summed E-state index contributed by atoms with van der Waals surface area (Å²) in [7, 11) is 0. The normalized spacial score (nSPS) is 17.1. The van der Waals surface area contributed by atoms with E-state index in [0.717, 1.165) is 38.0 Å². The van der Waals surface area contributed by atoms with Gasteiger partial charge in [-0.05, 0) is 19.8 Å². The van der Waals surface area contributed by atoms with Crippen molar-refractivity contribution in [3.05, 3.63) is 18.2 Å². The molecule has 0 saturated heterocycles. The van der Waals surface area contributed by atoms with Crippen molar-refractivity contribution in [2.75, 3.05) is 19.6 Å². The van der Waals surface area contributed by atoms with E-state index in [1.54, 1.807) is 0 Å². The number of aryl methyl sites for hydroxylation is 1. The lowest BCUT2D eigenvalue weighted by Gasteiger charge is -2.28. The molecule has 17 heavy (non-hydrogen) atoms. The van der Waals surface area contributed by atoms with Crippen LogP contribution in [0.5, 0.6) is 0 Å². The number of aromatic nitrogens is 2. The Morgan fingerprint density at radius 3 is 2.76 bits per heavy atom. The number of imidazole rings is 1. The summed E-state index contributed by atoms with van der Waals surface area (Å²) in [6, 6.07) is 0.766. The van der Waals surface area contributed by atoms with Crippen molar-refractivity contribution in [1.29, 1.82) is 0 Å². The predicted octanol–water partition coefficient (Wildman–Crippen LogP) is 1.39. The molecule has 4 heteroatoms. The zero-order chi connectivity index (χ0) is 12.1. The lowest BCUT2D eigenvalue weighted by molar-refractivity contribution is 0.196. The van der Waals surface area contributed by atoms with E-state index in [4.69, 9.17) is 5.73 Å². The van der Waals surface area contributed by atoms with Gasteiger partial charge in [-0.1, -0.05) is 12.8 Å². The van der Waals surface area contributed by atoms with Crippen molar-refractivity contribution in [2.45, 2.75) is 45.2 Å². The minimum absolute atomic E-state index is 0.763. The van der Waals surface area contributed by atoms with Crippen molar-refractivity contribution in [3.8, 4) is 0 Å². The smallest absolute Gasteiger partial charge is 0.105 e. The third-order valence-corrected chi connectivity index (χ3v) is 3.81. The van der Waals surface area contributed by atoms with Crippen LogP contribution < -0.4 is 5.73 Å². The summed E-state index contributed by atoms with van der Waals surface area (Å²) in [5.74, 6) is 1.10. The first kappa shape index (κ1) is 12.6. The van der Waals surface area contributed by atoms with Gasteiger partial charge in [-0.2, -0.15) is 0 Å². The van der Waals surface area contributed by atoms with E-state index in [-0.39, 0.29) is 0 Å². The maximum atomic E-state index is 5.72. The fourth-order valence-electron chi connectivity index (χ4n) is 2.79. The number of nitrogens with two attached hydrogens (primary N) is 1. The average Bonchev–Trinajstić information content (AvgIpc) is 2.96. The Morgan fingerprint density at radius 2 is 2.18 bits per heavy atom. The molecule has 96 valence electrons. The van der Waals surface area contributed by atoms with Gasteiger partial charge in [0.1, 0.15) is 5.82 Å². The molecule has 1 saturated carbocycles. The van der Waals surface area contributed by atoms with Crippen LogP contribution in [0.1, 0.15) is 31.5 Å². The Kier molecular flexibility index (Phi) is 4.57. The molecule has 0 atom stereocenters. The van der Waals surface area contributed by atoms with Crippen LogP contribution in [-0.2, 0) is 6.54 Å². The molecule has 1 fully saturated rings. The number of nitrogens with zero attached hydrogens (tertiary/aromatic N) is 3. The molecular formula is C13H24N4. The van der Waals surface area contributed by atoms with Crippen LogP contribution in [0.3, 0.4) is 0 Å². The topological polar surface area (TPSA) is 47.1 Å². The van der Waals surface area contributed by atoms with Gasteiger partial charge in [0, 0.05) is 44.6 Å². The van der Waals surface area contributed by atoms with Crippen LogP contribution >= 0.6 is 0 Å². The Bertz CT molecular complexity index is 328. The van der Waals surface area contributed by atoms with Crippen molar-refractivity contribution in [3.63, 3.8) is 0 Å². The Balaban J connectivity index is 1.86. The van der Waals surface area contributed by atoms with E-state index >= 15 is 0 Å². The van der Waals surface area contributed by atoms with Gasteiger partial charge in [-0.15, -0.1) is 0 Å². The summed E-state index contributed by atoms with van der Waals surface area (Å²) >= 11 is 0. The highest BCUT2D eigenvalue weighted by Gasteiger charge is 2.21. The molecule has 0 aliphatic heterocycles. The van der Waals surface area contributed by atoms with Gasteiger partial charge >= 0.3 is 0 Å². The third kappa shape index (κ3) is 3.30. The molecular weight excluding hydrogens is 212 g/mol. The van der Waals surface area contributed by atoms with Gasteiger partial charge in [0.2, 0.25) is 0 Å². The Morgan fingerprint density at radius 1 is 1.41 bits per heavy atom. The van der Waals surface area contributed by atoms with Gasteiger partial charge in [0.05, 0.1) is 0 Å². The fraction of sp³-hybridized carbons (Fsp3) is 0.769. The molecule has 1 aromatic rings. The molecule has 0 unspecified atom stereocenters. The van der Waals surface area contributed by atoms with Gasteiger partial charge in [-0.3, -0.25) is 4.90 Å². The highest BCUT2D eigenvalue weighted by molar-refractivity contribution is 4.89. The lowest BCUT2D eigenvalue weighted by atomic mass is 10.2. The van der Waals surface area contributed by atoms with E-state index in [9.17, 15) is 0 Å². The van der Waals surface area contributed by atoms with Crippen molar-refractivity contribution < 1.29 is 0 Å². The highest BCUT2D eigenvalue weighted by atomic mass is 15.2. The first-order valence-electron chi connectivity index (χ1n) is 6.73. The summed E-state index contributed by atoms with van der Waals surface area (Å²) in [6.45, 7) is 5.97. The quantitative estimate of drug-likeness (QED) is 0.812. The Hall–Kier alpha value is -0.870. The fourth-order valence-corrected chi connectivity index (χ4v) is 2.79. The molecule has 0 aromatic carbocycles. The van der Waals surface area contributed by atoms with E-state index in [1.165, 1.54) is 25.7 Å². The van der Waals surface area contributed by atoms with Crippen LogP contribution in [-0.4, -0.2) is 40.1 Å². The molecule has 2 rings (SSSR count). The maximum Gasteiger partial charge on any atom is 0.105 e. The van der Waals surface area contributed by atoms with Gasteiger partial charge in [-0.25, -0.2) is 4.98 Å².